The summed E-state index contributed by atoms with van der Waals surface area (Å²) in [5, 5.41) is 21.5. The van der Waals surface area contributed by atoms with Crippen molar-refractivity contribution in [3.63, 3.8) is 0 Å². The van der Waals surface area contributed by atoms with E-state index in [-0.39, 0.29) is 9.82 Å². The number of carbonyl (C=O) groups excluding carboxylic acids is 2. The number of nitroso groups, excluding NO2 is 1. The van der Waals surface area contributed by atoms with E-state index < -0.39 is 40.2 Å². The van der Waals surface area contributed by atoms with Crippen molar-refractivity contribution in [3.8, 4) is 0 Å². The molecule has 1 heterocycles. The van der Waals surface area contributed by atoms with Gasteiger partial charge in [-0.1, -0.05) is 38.5 Å². The highest BCUT2D eigenvalue weighted by Crippen LogP contribution is 2.27. The molecule has 0 spiro atoms. The summed E-state index contributed by atoms with van der Waals surface area (Å²) in [4.78, 5) is 43.2. The first-order chi connectivity index (χ1) is 10.4. The van der Waals surface area contributed by atoms with Crippen LogP contribution in [0.25, 0.3) is 0 Å². The summed E-state index contributed by atoms with van der Waals surface area (Å²) in [5.74, 6) is -2.22. The van der Waals surface area contributed by atoms with Crippen LogP contribution in [0.5, 0.6) is 0 Å². The number of nitrogens with zero attached hydrogens (tertiary/aromatic N) is 3. The Balaban J connectivity index is 0.000000246. The summed E-state index contributed by atoms with van der Waals surface area (Å²) in [6.45, 7) is -0.735. The van der Waals surface area contributed by atoms with E-state index >= 15 is 0 Å². The van der Waals surface area contributed by atoms with Gasteiger partial charge >= 0.3 is 11.4 Å². The molecule has 0 bridgehead atoms. The van der Waals surface area contributed by atoms with Crippen LogP contribution in [0, 0.1) is 20.2 Å². The second kappa shape index (κ2) is 6.56. The molecule has 0 aromatic heterocycles. The molecule has 22 heavy (non-hydrogen) atoms. The zero-order valence-electron chi connectivity index (χ0n) is 11.8. The third kappa shape index (κ3) is 3.08. The summed E-state index contributed by atoms with van der Waals surface area (Å²) < 4.78 is 0.0375. The first-order valence-electron chi connectivity index (χ1n) is 7.02. The maximum Gasteiger partial charge on any atom is 0.332 e. The molecule has 3 aliphatic rings. The minimum atomic E-state index is -1.21. The quantitative estimate of drug-likeness (QED) is 0.310. The summed E-state index contributed by atoms with van der Waals surface area (Å²) in [7, 11) is 0. The number of allylic oxidation sites excluding steroid dienone is 1. The van der Waals surface area contributed by atoms with E-state index in [0.29, 0.717) is 6.08 Å². The predicted molar refractivity (Wildman–Crippen MR) is 73.5 cm³/mol. The zero-order chi connectivity index (χ0) is 16.3. The van der Waals surface area contributed by atoms with Crippen LogP contribution >= 0.6 is 0 Å². The number of ketones is 2. The van der Waals surface area contributed by atoms with Gasteiger partial charge in [0, 0.05) is 4.91 Å². The second-order valence-corrected chi connectivity index (χ2v) is 5.20. The lowest BCUT2D eigenvalue weighted by molar-refractivity contribution is -0.495. The highest BCUT2D eigenvalue weighted by molar-refractivity contribution is 6.20. The van der Waals surface area contributed by atoms with Gasteiger partial charge in [0.05, 0.1) is 15.8 Å². The van der Waals surface area contributed by atoms with Crippen LogP contribution in [-0.2, 0) is 9.59 Å². The molecule has 9 nitrogen and oxygen atoms in total. The number of nitro groups is 1. The van der Waals surface area contributed by atoms with Crippen molar-refractivity contribution >= 4 is 11.6 Å². The molecule has 0 amide bonds. The Morgan fingerprint density at radius 3 is 2.05 bits per heavy atom. The highest BCUT2D eigenvalue weighted by atomic mass is 16.6. The van der Waals surface area contributed by atoms with E-state index in [2.05, 4.69) is 0 Å². The minimum Gasteiger partial charge on any atom is -0.753 e. The summed E-state index contributed by atoms with van der Waals surface area (Å²) in [6, 6.07) is 0. The second-order valence-electron chi connectivity index (χ2n) is 5.20. The Labute approximate surface area is 125 Å². The van der Waals surface area contributed by atoms with Gasteiger partial charge < -0.3 is 10.3 Å². The van der Waals surface area contributed by atoms with E-state index in [1.54, 1.807) is 0 Å². The van der Waals surface area contributed by atoms with Gasteiger partial charge in [-0.25, -0.2) is 0 Å². The molecule has 2 aliphatic carbocycles. The molecule has 0 saturated heterocycles. The predicted octanol–water partition coefficient (Wildman–Crippen LogP) is 1.40. The fraction of sp³-hybridized carbons (Fsp3) is 0.538. The number of hydroxylamine groups is 2. The molecule has 0 radical (unpaired) electrons. The van der Waals surface area contributed by atoms with Gasteiger partial charge in [-0.3, -0.25) is 19.7 Å². The third-order valence-corrected chi connectivity index (χ3v) is 3.63. The molecule has 1 aliphatic heterocycles. The molecule has 9 heteroatoms. The van der Waals surface area contributed by atoms with Crippen LogP contribution in [-0.4, -0.2) is 33.0 Å². The molecular weight excluding hydrogens is 294 g/mol. The third-order valence-electron chi connectivity index (χ3n) is 3.63. The summed E-state index contributed by atoms with van der Waals surface area (Å²) in [5.41, 5.74) is -2.39. The van der Waals surface area contributed by atoms with E-state index in [0.717, 1.165) is 0 Å². The molecule has 0 N–H and O–H groups in total. The number of rotatable bonds is 1. The monoisotopic (exact) mass is 309 g/mol. The first-order valence-corrected chi connectivity index (χ1v) is 7.02. The SMILES string of the molecule is C1CCCCC1.O=C1C=C([N+](=O)[O-])C(=O)C2=C1[N+](=O)CN2[O-]. The van der Waals surface area contributed by atoms with Gasteiger partial charge in [0.2, 0.25) is 0 Å². The summed E-state index contributed by atoms with van der Waals surface area (Å²) in [6.07, 6.45) is 9.45. The maximum atomic E-state index is 11.4. The van der Waals surface area contributed by atoms with Gasteiger partial charge in [-0.15, -0.1) is 0 Å². The van der Waals surface area contributed by atoms with Crippen molar-refractivity contribution in [1.29, 1.82) is 0 Å². The molecule has 0 unspecified atom stereocenters. The van der Waals surface area contributed by atoms with Gasteiger partial charge in [0.25, 0.3) is 18.2 Å². The lowest BCUT2D eigenvalue weighted by Gasteiger charge is -2.20. The first kappa shape index (κ1) is 16.0. The smallest absolute Gasteiger partial charge is 0.332 e. The van der Waals surface area contributed by atoms with Crippen LogP contribution in [0.15, 0.2) is 23.2 Å². The number of Topliss-reactive ketones (excluding diaryl/α,β-unsaturated/α-hetero) is 1. The number of carbonyl (C=O) groups is 2. The van der Waals surface area contributed by atoms with Gasteiger partial charge in [-0.2, -0.15) is 0 Å². The molecule has 0 atom stereocenters. The highest BCUT2D eigenvalue weighted by Gasteiger charge is 2.48. The normalized spacial score (nSPS) is 21.2. The van der Waals surface area contributed by atoms with Gasteiger partial charge in [0.1, 0.15) is 0 Å². The fourth-order valence-electron chi connectivity index (χ4n) is 2.53. The molecule has 0 aromatic rings. The minimum absolute atomic E-state index is 0.0287. The standard InChI is InChI=1S/C7H3N3O6.C6H12/c11-4-1-3(10(15)16)7(12)6-5(4)8(13)2-9(6)14;1-2-4-6-5-3-1/h1H,2H2;1-6H2. The number of hydrogen-bond acceptors (Lipinski definition) is 7. The van der Waals surface area contributed by atoms with Crippen molar-refractivity contribution in [2.75, 3.05) is 6.67 Å². The summed E-state index contributed by atoms with van der Waals surface area (Å²) >= 11 is 0. The molecule has 0 aromatic carbocycles. The van der Waals surface area contributed by atoms with Crippen molar-refractivity contribution in [3.05, 3.63) is 43.4 Å². The van der Waals surface area contributed by atoms with E-state index in [1.165, 1.54) is 38.5 Å². The van der Waals surface area contributed by atoms with Gasteiger partial charge in [0.15, 0.2) is 5.70 Å². The van der Waals surface area contributed by atoms with Crippen molar-refractivity contribution < 1.29 is 19.3 Å². The van der Waals surface area contributed by atoms with E-state index in [4.69, 9.17) is 0 Å². The molecule has 1 fully saturated rings. The maximum absolute atomic E-state index is 11.4. The number of hydrogen-bond donors (Lipinski definition) is 0. The molecule has 3 rings (SSSR count). The average Bonchev–Trinajstić information content (AvgIpc) is 2.80. The fourth-order valence-corrected chi connectivity index (χ4v) is 2.53. The Morgan fingerprint density at radius 1 is 1.09 bits per heavy atom. The lowest BCUT2D eigenvalue weighted by Crippen LogP contribution is -2.27. The van der Waals surface area contributed by atoms with Crippen LogP contribution in [0.4, 0.5) is 0 Å². The molecule has 1 saturated carbocycles. The van der Waals surface area contributed by atoms with Crippen molar-refractivity contribution in [2.45, 2.75) is 38.5 Å². The van der Waals surface area contributed by atoms with Crippen LogP contribution in [0.2, 0.25) is 0 Å². The van der Waals surface area contributed by atoms with Gasteiger partial charge in [-0.05, 0) is 0 Å². The van der Waals surface area contributed by atoms with Crippen LogP contribution in [0.1, 0.15) is 38.5 Å². The average molecular weight is 309 g/mol. The van der Waals surface area contributed by atoms with E-state index in [1.807, 2.05) is 0 Å². The topological polar surface area (TPSA) is 124 Å². The zero-order valence-corrected chi connectivity index (χ0v) is 11.8. The Kier molecular flexibility index (Phi) is 4.76. The van der Waals surface area contributed by atoms with Crippen LogP contribution in [0.3, 0.4) is 0 Å². The molecular formula is C13H15N3O6. The Hall–Kier alpha value is -2.42. The van der Waals surface area contributed by atoms with Crippen LogP contribution < -0.4 is 0 Å². The molecule has 118 valence electrons. The van der Waals surface area contributed by atoms with Crippen molar-refractivity contribution in [2.24, 2.45) is 0 Å². The van der Waals surface area contributed by atoms with E-state index in [9.17, 15) is 29.8 Å². The van der Waals surface area contributed by atoms with Crippen molar-refractivity contribution in [1.82, 2.24) is 5.06 Å². The largest absolute Gasteiger partial charge is 0.753 e. The Bertz CT molecular complexity index is 591. The lowest BCUT2D eigenvalue weighted by atomic mass is 10.0. The Morgan fingerprint density at radius 2 is 1.59 bits per heavy atom.